The molecule has 5 heterocycles. The number of rotatable bonds is 3. The van der Waals surface area contributed by atoms with Gasteiger partial charge < -0.3 is 14.3 Å². The lowest BCUT2D eigenvalue weighted by atomic mass is 9.99. The second-order valence-electron chi connectivity index (χ2n) is 6.54. The van der Waals surface area contributed by atoms with E-state index in [1.54, 1.807) is 22.7 Å². The zero-order valence-corrected chi connectivity index (χ0v) is 15.5. The van der Waals surface area contributed by atoms with Crippen molar-refractivity contribution in [2.24, 2.45) is 0 Å². The summed E-state index contributed by atoms with van der Waals surface area (Å²) >= 11 is 6.22. The van der Waals surface area contributed by atoms with Gasteiger partial charge in [0.1, 0.15) is 11.2 Å². The summed E-state index contributed by atoms with van der Waals surface area (Å²) in [5, 5.41) is 4.93. The summed E-state index contributed by atoms with van der Waals surface area (Å²) in [7, 11) is 0. The van der Waals surface area contributed by atoms with Crippen LogP contribution in [-0.2, 0) is 6.42 Å². The van der Waals surface area contributed by atoms with Gasteiger partial charge in [0, 0.05) is 18.7 Å². The summed E-state index contributed by atoms with van der Waals surface area (Å²) in [6, 6.07) is 6.40. The van der Waals surface area contributed by atoms with Gasteiger partial charge in [-0.15, -0.1) is 0 Å². The maximum absolute atomic E-state index is 13.2. The van der Waals surface area contributed by atoms with Gasteiger partial charge in [0.15, 0.2) is 12.1 Å². The standard InChI is InChI=1S/C18H13ClF2N6O2/c19-12-3-1-2-9-6-11(25-27(9)12)15-13-10(22-7-23-13)4-5-26(15)18(28)16-14(17(20)21)24-8-29-16/h1-3,6-8,15,17H,4-5H2,(H,22,23)/t15-/m0/s1. The number of nitrogens with zero attached hydrogens (tertiary/aromatic N) is 5. The maximum Gasteiger partial charge on any atom is 0.292 e. The molecule has 148 valence electrons. The molecule has 4 aromatic rings. The van der Waals surface area contributed by atoms with Crippen LogP contribution in [0.2, 0.25) is 5.15 Å². The highest BCUT2D eigenvalue weighted by atomic mass is 35.5. The summed E-state index contributed by atoms with van der Waals surface area (Å²) in [6.45, 7) is 0.268. The molecule has 0 unspecified atom stereocenters. The van der Waals surface area contributed by atoms with E-state index < -0.39 is 29.8 Å². The zero-order valence-electron chi connectivity index (χ0n) is 14.7. The molecule has 4 aromatic heterocycles. The Balaban J connectivity index is 1.63. The number of nitrogens with one attached hydrogen (secondary N) is 1. The van der Waals surface area contributed by atoms with E-state index in [2.05, 4.69) is 20.1 Å². The van der Waals surface area contributed by atoms with E-state index >= 15 is 0 Å². The minimum Gasteiger partial charge on any atom is -0.438 e. The molecule has 29 heavy (non-hydrogen) atoms. The molecule has 8 nitrogen and oxygen atoms in total. The lowest BCUT2D eigenvalue weighted by Gasteiger charge is -2.33. The predicted octanol–water partition coefficient (Wildman–Crippen LogP) is 3.42. The van der Waals surface area contributed by atoms with Crippen molar-refractivity contribution in [2.45, 2.75) is 18.9 Å². The minimum absolute atomic E-state index is 0.268. The number of pyridine rings is 1. The van der Waals surface area contributed by atoms with Crippen LogP contribution >= 0.6 is 11.6 Å². The molecule has 0 radical (unpaired) electrons. The number of oxazole rings is 1. The number of aromatic nitrogens is 5. The van der Waals surface area contributed by atoms with Crippen LogP contribution in [0.5, 0.6) is 0 Å². The first kappa shape index (κ1) is 17.8. The molecule has 0 bridgehead atoms. The number of imidazole rings is 1. The van der Waals surface area contributed by atoms with Crippen LogP contribution in [-0.4, -0.2) is 41.9 Å². The van der Waals surface area contributed by atoms with Crippen molar-refractivity contribution in [1.29, 1.82) is 0 Å². The lowest BCUT2D eigenvalue weighted by Crippen LogP contribution is -2.41. The van der Waals surface area contributed by atoms with Gasteiger partial charge in [-0.3, -0.25) is 4.79 Å². The largest absolute Gasteiger partial charge is 0.438 e. The molecule has 0 aromatic carbocycles. The van der Waals surface area contributed by atoms with Crippen molar-refractivity contribution in [1.82, 2.24) is 29.5 Å². The van der Waals surface area contributed by atoms with Gasteiger partial charge in [0.25, 0.3) is 12.3 Å². The lowest BCUT2D eigenvalue weighted by molar-refractivity contribution is 0.0639. The Morgan fingerprint density at radius 1 is 1.34 bits per heavy atom. The zero-order chi connectivity index (χ0) is 20.1. The quantitative estimate of drug-likeness (QED) is 0.515. The van der Waals surface area contributed by atoms with Crippen LogP contribution in [0.15, 0.2) is 41.4 Å². The minimum atomic E-state index is -2.93. The summed E-state index contributed by atoms with van der Waals surface area (Å²) in [6.07, 6.45) is -0.0544. The van der Waals surface area contributed by atoms with Crippen LogP contribution in [0.4, 0.5) is 8.78 Å². The number of aromatic amines is 1. The van der Waals surface area contributed by atoms with Crippen molar-refractivity contribution < 1.29 is 18.0 Å². The molecule has 0 spiro atoms. The number of fused-ring (bicyclic) bond motifs is 2. The van der Waals surface area contributed by atoms with Crippen molar-refractivity contribution in [3.63, 3.8) is 0 Å². The van der Waals surface area contributed by atoms with E-state index in [0.717, 1.165) is 17.6 Å². The first-order valence-corrected chi connectivity index (χ1v) is 9.11. The first-order chi connectivity index (χ1) is 14.0. The van der Waals surface area contributed by atoms with Crippen LogP contribution in [0.25, 0.3) is 5.52 Å². The number of carbonyl (C=O) groups excluding carboxylic acids is 1. The van der Waals surface area contributed by atoms with E-state index in [0.29, 0.717) is 23.0 Å². The molecule has 1 aliphatic heterocycles. The molecule has 0 saturated heterocycles. The Morgan fingerprint density at radius 2 is 2.21 bits per heavy atom. The number of alkyl halides is 2. The highest BCUT2D eigenvalue weighted by Gasteiger charge is 2.39. The highest BCUT2D eigenvalue weighted by Crippen LogP contribution is 2.35. The SMILES string of the molecule is O=C(c1ocnc1C(F)F)N1CCc2[nH]cnc2[C@@H]1c1cc2cccc(Cl)n2n1. The number of carbonyl (C=O) groups is 1. The number of H-pyrrole nitrogens is 1. The van der Waals surface area contributed by atoms with Gasteiger partial charge in [-0.25, -0.2) is 23.3 Å². The molecule has 1 aliphatic rings. The monoisotopic (exact) mass is 418 g/mol. The van der Waals surface area contributed by atoms with Crippen molar-refractivity contribution in [3.8, 4) is 0 Å². The fourth-order valence-electron chi connectivity index (χ4n) is 3.63. The van der Waals surface area contributed by atoms with Crippen LogP contribution < -0.4 is 0 Å². The average Bonchev–Trinajstić information content (AvgIpc) is 3.44. The van der Waals surface area contributed by atoms with Crippen LogP contribution in [0.1, 0.15) is 45.8 Å². The third-order valence-electron chi connectivity index (χ3n) is 4.92. The summed E-state index contributed by atoms with van der Waals surface area (Å²) in [5.41, 5.74) is 2.02. The predicted molar refractivity (Wildman–Crippen MR) is 96.8 cm³/mol. The molecule has 0 saturated carbocycles. The smallest absolute Gasteiger partial charge is 0.292 e. The van der Waals surface area contributed by atoms with E-state index in [4.69, 9.17) is 16.0 Å². The van der Waals surface area contributed by atoms with E-state index in [1.165, 1.54) is 11.2 Å². The molecule has 5 rings (SSSR count). The van der Waals surface area contributed by atoms with Gasteiger partial charge in [0.2, 0.25) is 5.76 Å². The molecule has 1 N–H and O–H groups in total. The fourth-order valence-corrected chi connectivity index (χ4v) is 3.84. The molecule has 0 fully saturated rings. The summed E-state index contributed by atoms with van der Waals surface area (Å²) < 4.78 is 33.0. The van der Waals surface area contributed by atoms with Crippen molar-refractivity contribution >= 4 is 23.0 Å². The van der Waals surface area contributed by atoms with Crippen LogP contribution in [0, 0.1) is 0 Å². The second kappa shape index (κ2) is 6.66. The summed E-state index contributed by atoms with van der Waals surface area (Å²) in [5.74, 6) is -1.18. The molecule has 11 heteroatoms. The summed E-state index contributed by atoms with van der Waals surface area (Å²) in [4.78, 5) is 25.5. The fraction of sp³-hybridized carbons (Fsp3) is 0.222. The topological polar surface area (TPSA) is 92.3 Å². The molecule has 1 atom stereocenters. The Labute approximate surface area is 167 Å². The average molecular weight is 419 g/mol. The van der Waals surface area contributed by atoms with Gasteiger partial charge in [-0.05, 0) is 18.2 Å². The Bertz CT molecular complexity index is 1220. The van der Waals surface area contributed by atoms with Crippen LogP contribution in [0.3, 0.4) is 0 Å². The third-order valence-corrected chi connectivity index (χ3v) is 5.21. The number of hydrogen-bond acceptors (Lipinski definition) is 5. The van der Waals surface area contributed by atoms with Gasteiger partial charge in [-0.1, -0.05) is 17.7 Å². The van der Waals surface area contributed by atoms with E-state index in [9.17, 15) is 13.6 Å². The molecular weight excluding hydrogens is 406 g/mol. The second-order valence-corrected chi connectivity index (χ2v) is 6.93. The molecule has 0 aliphatic carbocycles. The van der Waals surface area contributed by atoms with Gasteiger partial charge >= 0.3 is 0 Å². The Hall–Kier alpha value is -3.27. The highest BCUT2D eigenvalue weighted by molar-refractivity contribution is 6.29. The number of hydrogen-bond donors (Lipinski definition) is 1. The first-order valence-electron chi connectivity index (χ1n) is 8.73. The Kier molecular flexibility index (Phi) is 4.09. The normalized spacial score (nSPS) is 16.6. The van der Waals surface area contributed by atoms with Crippen molar-refractivity contribution in [2.75, 3.05) is 6.54 Å². The molecular formula is C18H13ClF2N6O2. The van der Waals surface area contributed by atoms with Crippen molar-refractivity contribution in [3.05, 3.63) is 70.7 Å². The molecule has 1 amide bonds. The van der Waals surface area contributed by atoms with Gasteiger partial charge in [0.05, 0.1) is 23.2 Å². The maximum atomic E-state index is 13.2. The van der Waals surface area contributed by atoms with E-state index in [-0.39, 0.29) is 6.54 Å². The number of halogens is 3. The third kappa shape index (κ3) is 2.79. The van der Waals surface area contributed by atoms with E-state index in [1.807, 2.05) is 6.07 Å². The number of amides is 1. The Morgan fingerprint density at radius 3 is 3.00 bits per heavy atom. The van der Waals surface area contributed by atoms with Gasteiger partial charge in [-0.2, -0.15) is 5.10 Å².